The largest absolute Gasteiger partial charge is 0.466 e. The summed E-state index contributed by atoms with van der Waals surface area (Å²) in [5, 5.41) is 9.32. The molecule has 0 aromatic heterocycles. The molecule has 1 N–H and O–H groups in total. The van der Waals surface area contributed by atoms with Gasteiger partial charge in [0.15, 0.2) is 0 Å². The van der Waals surface area contributed by atoms with E-state index in [2.05, 4.69) is 39.5 Å². The Kier molecular flexibility index (Phi) is 38.3. The summed E-state index contributed by atoms with van der Waals surface area (Å²) in [4.78, 5) is 27.3. The van der Waals surface area contributed by atoms with E-state index in [1.54, 1.807) is 0 Å². The molecule has 0 amide bonds. The highest BCUT2D eigenvalue weighted by atomic mass is 16.5. The van der Waals surface area contributed by atoms with Gasteiger partial charge < -0.3 is 19.5 Å². The summed E-state index contributed by atoms with van der Waals surface area (Å²) >= 11 is 0. The molecule has 0 fully saturated rings. The Morgan fingerprint density at radius 2 is 0.925 bits per heavy atom. The van der Waals surface area contributed by atoms with E-state index in [-0.39, 0.29) is 24.0 Å². The second kappa shape index (κ2) is 39.1. The molecule has 6 nitrogen and oxygen atoms in total. The summed E-state index contributed by atoms with van der Waals surface area (Å²) in [7, 11) is 0. The van der Waals surface area contributed by atoms with Gasteiger partial charge in [-0.3, -0.25) is 9.59 Å². The lowest BCUT2D eigenvalue weighted by Crippen LogP contribution is -2.28. The molecule has 0 heterocycles. The van der Waals surface area contributed by atoms with Crippen LogP contribution >= 0.6 is 0 Å². The molecule has 0 radical (unpaired) electrons. The molecule has 0 aliphatic heterocycles. The topological polar surface area (TPSA) is 76.1 Å². The van der Waals surface area contributed by atoms with Gasteiger partial charge >= 0.3 is 11.9 Å². The van der Waals surface area contributed by atoms with E-state index in [0.717, 1.165) is 71.0 Å². The van der Waals surface area contributed by atoms with E-state index >= 15 is 0 Å². The van der Waals surface area contributed by atoms with Crippen molar-refractivity contribution in [3.8, 4) is 0 Å². The van der Waals surface area contributed by atoms with Crippen LogP contribution < -0.4 is 0 Å². The maximum absolute atomic E-state index is 12.6. The van der Waals surface area contributed by atoms with Gasteiger partial charge in [-0.05, 0) is 102 Å². The summed E-state index contributed by atoms with van der Waals surface area (Å²) in [5.74, 6) is 0.516. The lowest BCUT2D eigenvalue weighted by Gasteiger charge is -2.27. The first-order valence-electron chi connectivity index (χ1n) is 23.4. The van der Waals surface area contributed by atoms with Crippen molar-refractivity contribution in [2.24, 2.45) is 11.3 Å². The van der Waals surface area contributed by atoms with Gasteiger partial charge in [-0.15, -0.1) is 0 Å². The summed E-state index contributed by atoms with van der Waals surface area (Å²) in [6, 6.07) is 0. The molecule has 0 unspecified atom stereocenters. The number of unbranched alkanes of at least 4 members (excludes halogenated alkanes) is 19. The normalized spacial score (nSPS) is 11.9. The van der Waals surface area contributed by atoms with E-state index in [9.17, 15) is 14.7 Å². The zero-order chi connectivity index (χ0) is 39.1. The number of rotatable bonds is 42. The van der Waals surface area contributed by atoms with Crippen LogP contribution in [0.4, 0.5) is 0 Å². The van der Waals surface area contributed by atoms with Crippen LogP contribution in [-0.2, 0) is 19.1 Å². The van der Waals surface area contributed by atoms with Gasteiger partial charge in [0.1, 0.15) is 0 Å². The molecule has 0 atom stereocenters. The highest BCUT2D eigenvalue weighted by molar-refractivity contribution is 5.69. The molecular formula is C47H93NO5. The molecule has 0 aromatic carbocycles. The third-order valence-corrected chi connectivity index (χ3v) is 11.2. The molecule has 53 heavy (non-hydrogen) atoms. The van der Waals surface area contributed by atoms with E-state index < -0.39 is 0 Å². The van der Waals surface area contributed by atoms with Crippen molar-refractivity contribution < 1.29 is 24.2 Å². The Morgan fingerprint density at radius 3 is 1.45 bits per heavy atom. The van der Waals surface area contributed by atoms with Gasteiger partial charge in [0.05, 0.1) is 13.2 Å². The first kappa shape index (κ1) is 51.9. The first-order valence-corrected chi connectivity index (χ1v) is 23.4. The Morgan fingerprint density at radius 1 is 0.509 bits per heavy atom. The molecular weight excluding hydrogens is 659 g/mol. The number of hydrogen-bond donors (Lipinski definition) is 1. The lowest BCUT2D eigenvalue weighted by molar-refractivity contribution is -0.145. The van der Waals surface area contributed by atoms with Gasteiger partial charge in [0.2, 0.25) is 0 Å². The predicted octanol–water partition coefficient (Wildman–Crippen LogP) is 13.6. The minimum atomic E-state index is -0.0248. The molecule has 0 rings (SSSR count). The van der Waals surface area contributed by atoms with Gasteiger partial charge in [0, 0.05) is 19.4 Å². The number of hydrogen-bond acceptors (Lipinski definition) is 6. The molecule has 0 aliphatic rings. The Balaban J connectivity index is 4.22. The second-order valence-corrected chi connectivity index (χ2v) is 17.2. The van der Waals surface area contributed by atoms with Gasteiger partial charge in [-0.2, -0.15) is 0 Å². The van der Waals surface area contributed by atoms with Crippen molar-refractivity contribution >= 4 is 11.9 Å². The zero-order valence-electron chi connectivity index (χ0n) is 36.5. The molecule has 0 saturated heterocycles. The number of carbonyl (C=O) groups is 2. The van der Waals surface area contributed by atoms with Crippen molar-refractivity contribution in [3.63, 3.8) is 0 Å². The number of nitrogens with zero attached hydrogens (tertiary/aromatic N) is 1. The van der Waals surface area contributed by atoms with E-state index in [1.807, 2.05) is 0 Å². The first-order chi connectivity index (χ1) is 25.8. The minimum Gasteiger partial charge on any atom is -0.466 e. The quantitative estimate of drug-likeness (QED) is 0.0494. The van der Waals surface area contributed by atoms with Crippen LogP contribution in [0, 0.1) is 11.3 Å². The van der Waals surface area contributed by atoms with Crippen molar-refractivity contribution in [1.29, 1.82) is 0 Å². The molecule has 0 spiro atoms. The van der Waals surface area contributed by atoms with Crippen LogP contribution in [-0.4, -0.2) is 61.4 Å². The SMILES string of the molecule is CCCCCCCCCC(=O)OCCCC(C)(C)CCCN(CCCCO)CCCCCCCC(=O)OCC(CCCCCCC)CCCCCCC. The molecule has 0 aromatic rings. The number of ether oxygens (including phenoxy) is 2. The van der Waals surface area contributed by atoms with Crippen LogP contribution in [0.3, 0.4) is 0 Å². The maximum atomic E-state index is 12.6. The van der Waals surface area contributed by atoms with Crippen LogP contribution in [0.15, 0.2) is 0 Å². The molecule has 6 heteroatoms. The van der Waals surface area contributed by atoms with Crippen molar-refractivity contribution in [3.05, 3.63) is 0 Å². The third-order valence-electron chi connectivity index (χ3n) is 11.2. The van der Waals surface area contributed by atoms with Gasteiger partial charge in [-0.1, -0.05) is 157 Å². The maximum Gasteiger partial charge on any atom is 0.305 e. The Hall–Kier alpha value is -1.14. The summed E-state index contributed by atoms with van der Waals surface area (Å²) < 4.78 is 11.4. The standard InChI is InChI=1S/C47H93NO5/c1-6-9-12-15-16-20-25-34-45(50)52-42-31-37-47(4,5)36-30-40-48(39-28-29-41-49)38-27-22-17-21-26-35-46(51)53-43-44(32-23-18-13-10-7-2)33-24-19-14-11-8-3/h44,49H,6-43H2,1-5H3. The molecule has 0 aliphatic carbocycles. The van der Waals surface area contributed by atoms with Gasteiger partial charge in [-0.25, -0.2) is 0 Å². The van der Waals surface area contributed by atoms with Crippen LogP contribution in [0.1, 0.15) is 240 Å². The second-order valence-electron chi connectivity index (χ2n) is 17.2. The minimum absolute atomic E-state index is 0.00441. The molecule has 0 saturated carbocycles. The summed E-state index contributed by atoms with van der Waals surface area (Å²) in [5.41, 5.74) is 0.242. The fourth-order valence-electron chi connectivity index (χ4n) is 7.53. The van der Waals surface area contributed by atoms with Crippen molar-refractivity contribution in [2.75, 3.05) is 39.5 Å². The predicted molar refractivity (Wildman–Crippen MR) is 227 cm³/mol. The number of aliphatic hydroxyl groups is 1. The summed E-state index contributed by atoms with van der Waals surface area (Å²) in [6.45, 7) is 16.2. The van der Waals surface area contributed by atoms with Crippen LogP contribution in [0.2, 0.25) is 0 Å². The zero-order valence-corrected chi connectivity index (χ0v) is 36.5. The number of carbonyl (C=O) groups excluding carboxylic acids is 2. The average Bonchev–Trinajstić information content (AvgIpc) is 3.14. The Labute approximate surface area is 331 Å². The summed E-state index contributed by atoms with van der Waals surface area (Å²) in [6.07, 6.45) is 37.0. The fourth-order valence-corrected chi connectivity index (χ4v) is 7.53. The van der Waals surface area contributed by atoms with E-state index in [0.29, 0.717) is 32.0 Å². The van der Waals surface area contributed by atoms with Gasteiger partial charge in [0.25, 0.3) is 0 Å². The fraction of sp³-hybridized carbons (Fsp3) is 0.957. The molecule has 0 bridgehead atoms. The monoisotopic (exact) mass is 752 g/mol. The third kappa shape index (κ3) is 37.6. The van der Waals surface area contributed by atoms with E-state index in [4.69, 9.17) is 9.47 Å². The smallest absolute Gasteiger partial charge is 0.305 e. The number of esters is 2. The van der Waals surface area contributed by atoms with Crippen LogP contribution in [0.5, 0.6) is 0 Å². The van der Waals surface area contributed by atoms with Crippen LogP contribution in [0.25, 0.3) is 0 Å². The number of aliphatic hydroxyl groups excluding tert-OH is 1. The van der Waals surface area contributed by atoms with E-state index in [1.165, 1.54) is 141 Å². The van der Waals surface area contributed by atoms with Crippen molar-refractivity contribution in [1.82, 2.24) is 4.90 Å². The highest BCUT2D eigenvalue weighted by Crippen LogP contribution is 2.28. The lowest BCUT2D eigenvalue weighted by atomic mass is 9.83. The van der Waals surface area contributed by atoms with Crippen molar-refractivity contribution in [2.45, 2.75) is 240 Å². The average molecular weight is 752 g/mol. The highest BCUT2D eigenvalue weighted by Gasteiger charge is 2.18. The Bertz CT molecular complexity index is 773. The molecule has 316 valence electrons.